The van der Waals surface area contributed by atoms with Crippen molar-refractivity contribution in [1.29, 1.82) is 0 Å². The van der Waals surface area contributed by atoms with Crippen LogP contribution >= 0.6 is 0 Å². The van der Waals surface area contributed by atoms with Crippen LogP contribution in [0.2, 0.25) is 0 Å². The maximum Gasteiger partial charge on any atom is 0.317 e. The second kappa shape index (κ2) is 6.47. The Bertz CT molecular complexity index is 512. The number of urea groups is 1. The molecule has 6 nitrogen and oxygen atoms in total. The van der Waals surface area contributed by atoms with Crippen molar-refractivity contribution < 1.29 is 9.90 Å². The van der Waals surface area contributed by atoms with Crippen LogP contribution in [0.25, 0.3) is 0 Å². The number of carbonyl (C=O) groups excluding carboxylic acids is 1. The summed E-state index contributed by atoms with van der Waals surface area (Å²) in [6.45, 7) is 6.83. The van der Waals surface area contributed by atoms with Crippen LogP contribution in [0.15, 0.2) is 0 Å². The largest absolute Gasteiger partial charge is 0.394 e. The minimum atomic E-state index is -0.0711. The van der Waals surface area contributed by atoms with E-state index >= 15 is 0 Å². The van der Waals surface area contributed by atoms with Crippen molar-refractivity contribution in [2.24, 2.45) is 7.05 Å². The van der Waals surface area contributed by atoms with Gasteiger partial charge in [-0.25, -0.2) is 4.79 Å². The molecule has 0 aromatic carbocycles. The summed E-state index contributed by atoms with van der Waals surface area (Å²) >= 11 is 0. The minimum Gasteiger partial charge on any atom is -0.394 e. The molecule has 1 saturated heterocycles. The zero-order valence-electron chi connectivity index (χ0n) is 13.4. The summed E-state index contributed by atoms with van der Waals surface area (Å²) < 4.78 is 1.88. The number of rotatable bonds is 4. The number of aryl methyl sites for hydroxylation is 2. The molecule has 1 aliphatic rings. The number of hydrogen-bond donors (Lipinski definition) is 2. The average Bonchev–Trinajstić information content (AvgIpc) is 2.99. The molecule has 2 amide bonds. The smallest absolute Gasteiger partial charge is 0.317 e. The highest BCUT2D eigenvalue weighted by molar-refractivity contribution is 5.75. The summed E-state index contributed by atoms with van der Waals surface area (Å²) in [4.78, 5) is 14.0. The van der Waals surface area contributed by atoms with Crippen LogP contribution in [0, 0.1) is 13.8 Å². The molecular formula is C15H26N4O2. The van der Waals surface area contributed by atoms with Crippen molar-refractivity contribution in [3.8, 4) is 0 Å². The predicted octanol–water partition coefficient (Wildman–Crippen LogP) is 1.13. The average molecular weight is 294 g/mol. The fourth-order valence-electron chi connectivity index (χ4n) is 3.06. The zero-order valence-corrected chi connectivity index (χ0v) is 13.4. The first-order valence-corrected chi connectivity index (χ1v) is 7.61. The first-order chi connectivity index (χ1) is 9.93. The van der Waals surface area contributed by atoms with Gasteiger partial charge in [0.2, 0.25) is 0 Å². The maximum atomic E-state index is 12.3. The highest BCUT2D eigenvalue weighted by Crippen LogP contribution is 2.18. The molecule has 2 atom stereocenters. The molecule has 1 aromatic heterocycles. The molecule has 0 spiro atoms. The topological polar surface area (TPSA) is 70.4 Å². The van der Waals surface area contributed by atoms with Crippen molar-refractivity contribution in [2.75, 3.05) is 13.2 Å². The first kappa shape index (κ1) is 15.8. The molecule has 1 fully saturated rings. The van der Waals surface area contributed by atoms with E-state index in [0.717, 1.165) is 37.2 Å². The number of nitrogens with one attached hydrogen (secondary N) is 1. The standard InChI is InChI=1S/C15H26N4O2/c1-10(8-14-11(2)17-18(4)12(14)3)16-15(21)19-7-5-6-13(19)9-20/h10,13,20H,5-9H2,1-4H3,(H,16,21)/t10-,13+/m0/s1. The van der Waals surface area contributed by atoms with E-state index in [1.54, 1.807) is 4.90 Å². The highest BCUT2D eigenvalue weighted by Gasteiger charge is 2.28. The van der Waals surface area contributed by atoms with E-state index in [-0.39, 0.29) is 24.7 Å². The lowest BCUT2D eigenvalue weighted by molar-refractivity contribution is 0.155. The molecule has 21 heavy (non-hydrogen) atoms. The van der Waals surface area contributed by atoms with Crippen LogP contribution in [-0.4, -0.2) is 51.1 Å². The van der Waals surface area contributed by atoms with Gasteiger partial charge in [0, 0.05) is 25.3 Å². The molecule has 0 saturated carbocycles. The van der Waals surface area contributed by atoms with E-state index in [2.05, 4.69) is 10.4 Å². The van der Waals surface area contributed by atoms with Crippen LogP contribution in [0.4, 0.5) is 4.79 Å². The number of aromatic nitrogens is 2. The Labute approximate surface area is 126 Å². The Kier molecular flexibility index (Phi) is 4.88. The third kappa shape index (κ3) is 3.37. The van der Waals surface area contributed by atoms with Crippen molar-refractivity contribution in [3.63, 3.8) is 0 Å². The van der Waals surface area contributed by atoms with E-state index in [0.29, 0.717) is 0 Å². The lowest BCUT2D eigenvalue weighted by atomic mass is 10.1. The van der Waals surface area contributed by atoms with Crippen LogP contribution in [0.3, 0.4) is 0 Å². The quantitative estimate of drug-likeness (QED) is 0.874. The minimum absolute atomic E-state index is 0.0286. The number of nitrogens with zero attached hydrogens (tertiary/aromatic N) is 3. The summed E-state index contributed by atoms with van der Waals surface area (Å²) in [7, 11) is 1.94. The third-order valence-electron chi connectivity index (χ3n) is 4.39. The van der Waals surface area contributed by atoms with Gasteiger partial charge in [-0.05, 0) is 45.6 Å². The molecule has 1 aromatic rings. The van der Waals surface area contributed by atoms with E-state index in [9.17, 15) is 9.90 Å². The van der Waals surface area contributed by atoms with Crippen LogP contribution in [0.5, 0.6) is 0 Å². The van der Waals surface area contributed by atoms with E-state index in [1.165, 1.54) is 5.56 Å². The van der Waals surface area contributed by atoms with E-state index in [1.807, 2.05) is 32.5 Å². The Morgan fingerprint density at radius 3 is 2.81 bits per heavy atom. The summed E-state index contributed by atoms with van der Waals surface area (Å²) in [6, 6.07) is -0.0589. The molecule has 2 heterocycles. The van der Waals surface area contributed by atoms with Crippen molar-refractivity contribution in [3.05, 3.63) is 17.0 Å². The maximum absolute atomic E-state index is 12.3. The van der Waals surface area contributed by atoms with Gasteiger partial charge in [0.15, 0.2) is 0 Å². The monoisotopic (exact) mass is 294 g/mol. The van der Waals surface area contributed by atoms with Crippen molar-refractivity contribution in [1.82, 2.24) is 20.0 Å². The molecule has 2 N–H and O–H groups in total. The molecule has 2 rings (SSSR count). The lowest BCUT2D eigenvalue weighted by Crippen LogP contribution is -2.47. The summed E-state index contributed by atoms with van der Waals surface area (Å²) in [5.41, 5.74) is 3.36. The van der Waals surface area contributed by atoms with Gasteiger partial charge in [0.05, 0.1) is 18.3 Å². The number of amides is 2. The zero-order chi connectivity index (χ0) is 15.6. The number of carbonyl (C=O) groups is 1. The van der Waals surface area contributed by atoms with Gasteiger partial charge in [0.1, 0.15) is 0 Å². The number of likely N-dealkylation sites (tertiary alicyclic amines) is 1. The second-order valence-electron chi connectivity index (χ2n) is 6.00. The Balaban J connectivity index is 1.95. The Hall–Kier alpha value is -1.56. The van der Waals surface area contributed by atoms with Gasteiger partial charge in [-0.3, -0.25) is 4.68 Å². The van der Waals surface area contributed by atoms with Crippen molar-refractivity contribution in [2.45, 2.75) is 52.1 Å². The van der Waals surface area contributed by atoms with Gasteiger partial charge in [-0.1, -0.05) is 0 Å². The molecule has 0 bridgehead atoms. The molecular weight excluding hydrogens is 268 g/mol. The van der Waals surface area contributed by atoms with Gasteiger partial charge in [0.25, 0.3) is 0 Å². The normalized spacial score (nSPS) is 19.9. The lowest BCUT2D eigenvalue weighted by Gasteiger charge is -2.25. The fourth-order valence-corrected chi connectivity index (χ4v) is 3.06. The Morgan fingerprint density at radius 2 is 2.24 bits per heavy atom. The van der Waals surface area contributed by atoms with Crippen LogP contribution in [0.1, 0.15) is 36.7 Å². The molecule has 6 heteroatoms. The molecule has 118 valence electrons. The van der Waals surface area contributed by atoms with Gasteiger partial charge in [-0.15, -0.1) is 0 Å². The first-order valence-electron chi connectivity index (χ1n) is 7.61. The highest BCUT2D eigenvalue weighted by atomic mass is 16.3. The van der Waals surface area contributed by atoms with Crippen LogP contribution in [-0.2, 0) is 13.5 Å². The second-order valence-corrected chi connectivity index (χ2v) is 6.00. The number of aliphatic hydroxyl groups excluding tert-OH is 1. The van der Waals surface area contributed by atoms with Gasteiger partial charge < -0.3 is 15.3 Å². The molecule has 1 aliphatic heterocycles. The summed E-state index contributed by atoms with van der Waals surface area (Å²) in [5.74, 6) is 0. The summed E-state index contributed by atoms with van der Waals surface area (Å²) in [6.07, 6.45) is 2.63. The van der Waals surface area contributed by atoms with Crippen LogP contribution < -0.4 is 5.32 Å². The Morgan fingerprint density at radius 1 is 1.52 bits per heavy atom. The third-order valence-corrected chi connectivity index (χ3v) is 4.39. The summed E-state index contributed by atoms with van der Waals surface area (Å²) in [5, 5.41) is 16.7. The SMILES string of the molecule is Cc1nn(C)c(C)c1C[C@H](C)NC(=O)N1CCC[C@@H]1CO. The molecule has 0 radical (unpaired) electrons. The van der Waals surface area contributed by atoms with Gasteiger partial charge >= 0.3 is 6.03 Å². The number of hydrogen-bond acceptors (Lipinski definition) is 3. The molecule has 0 unspecified atom stereocenters. The van der Waals surface area contributed by atoms with Crippen molar-refractivity contribution >= 4 is 6.03 Å². The predicted molar refractivity (Wildman–Crippen MR) is 81.2 cm³/mol. The van der Waals surface area contributed by atoms with E-state index in [4.69, 9.17) is 0 Å². The molecule has 0 aliphatic carbocycles. The van der Waals surface area contributed by atoms with Gasteiger partial charge in [-0.2, -0.15) is 5.10 Å². The van der Waals surface area contributed by atoms with E-state index < -0.39 is 0 Å². The fraction of sp³-hybridized carbons (Fsp3) is 0.733. The number of aliphatic hydroxyl groups is 1.